The van der Waals surface area contributed by atoms with Crippen molar-refractivity contribution in [1.82, 2.24) is 29.9 Å². The van der Waals surface area contributed by atoms with E-state index in [1.54, 1.807) is 53.7 Å². The molecule has 5 rings (SSSR count). The molecule has 1 aliphatic rings. The van der Waals surface area contributed by atoms with Crippen LogP contribution in [0.4, 0.5) is 26.3 Å². The molecule has 1 N–H and O–H groups in total. The van der Waals surface area contributed by atoms with Crippen LogP contribution >= 0.6 is 15.9 Å². The molecule has 0 spiro atoms. The molecule has 11 nitrogen and oxygen atoms in total. The highest BCUT2D eigenvalue weighted by molar-refractivity contribution is 9.09. The Morgan fingerprint density at radius 2 is 1.32 bits per heavy atom. The van der Waals surface area contributed by atoms with Gasteiger partial charge in [0.1, 0.15) is 12.7 Å². The molecule has 0 bridgehead atoms. The predicted molar refractivity (Wildman–Crippen MR) is 201 cm³/mol. The molecule has 0 unspecified atom stereocenters. The number of H-pyrrole nitrogens is 1. The number of carbonyl (C=O) groups excluding carboxylic acids is 2. The molecule has 0 aliphatic carbocycles. The molecular formula is C38H45BrF6N6O5. The first kappa shape index (κ1) is 47.3. The van der Waals surface area contributed by atoms with Gasteiger partial charge < -0.3 is 14.2 Å². The Hall–Kier alpha value is -4.84. The summed E-state index contributed by atoms with van der Waals surface area (Å²) in [5.74, 6) is -0.415. The average molecular weight is 860 g/mol. The Morgan fingerprint density at radius 3 is 1.75 bits per heavy atom. The van der Waals surface area contributed by atoms with Gasteiger partial charge in [0.25, 0.3) is 0 Å². The molecule has 2 aromatic heterocycles. The van der Waals surface area contributed by atoms with Crippen LogP contribution < -0.4 is 0 Å². The van der Waals surface area contributed by atoms with Gasteiger partial charge in [-0.2, -0.15) is 36.5 Å². The molecule has 56 heavy (non-hydrogen) atoms. The molecule has 1 aliphatic heterocycles. The van der Waals surface area contributed by atoms with Crippen LogP contribution in [0.3, 0.4) is 0 Å². The van der Waals surface area contributed by atoms with Crippen molar-refractivity contribution in [2.75, 3.05) is 18.5 Å². The number of rotatable bonds is 9. The third-order valence-electron chi connectivity index (χ3n) is 6.90. The minimum Gasteiger partial charge on any atom is -0.460 e. The van der Waals surface area contributed by atoms with E-state index in [4.69, 9.17) is 14.2 Å². The topological polar surface area (TPSA) is 134 Å². The summed E-state index contributed by atoms with van der Waals surface area (Å²) in [4.78, 5) is 30.4. The molecule has 2 aromatic carbocycles. The fourth-order valence-electron chi connectivity index (χ4n) is 4.43. The van der Waals surface area contributed by atoms with Gasteiger partial charge in [0.05, 0.1) is 35.5 Å². The highest BCUT2D eigenvalue weighted by Crippen LogP contribution is 2.33. The summed E-state index contributed by atoms with van der Waals surface area (Å²) in [5.41, 5.74) is 0.792. The Morgan fingerprint density at radius 1 is 0.821 bits per heavy atom. The molecule has 4 aromatic rings. The smallest absolute Gasteiger partial charge is 0.416 e. The summed E-state index contributed by atoms with van der Waals surface area (Å²) < 4.78 is 92.5. The summed E-state index contributed by atoms with van der Waals surface area (Å²) in [6, 6.07) is 7.39. The summed E-state index contributed by atoms with van der Waals surface area (Å²) >= 11 is 3.10. The number of esters is 2. The van der Waals surface area contributed by atoms with Crippen molar-refractivity contribution < 1.29 is 50.1 Å². The van der Waals surface area contributed by atoms with Crippen LogP contribution in [-0.4, -0.2) is 72.6 Å². The number of benzene rings is 2. The first-order chi connectivity index (χ1) is 26.1. The quantitative estimate of drug-likeness (QED) is 0.0757. The third kappa shape index (κ3) is 16.9. The van der Waals surface area contributed by atoms with Gasteiger partial charge >= 0.3 is 24.3 Å². The molecule has 0 radical (unpaired) electrons. The van der Waals surface area contributed by atoms with Gasteiger partial charge in [0.15, 0.2) is 11.6 Å². The number of ether oxygens (including phenoxy) is 3. The van der Waals surface area contributed by atoms with Crippen molar-refractivity contribution >= 4 is 27.9 Å². The van der Waals surface area contributed by atoms with Crippen LogP contribution in [-0.2, 0) is 42.7 Å². The number of nitrogens with zero attached hydrogens (tertiary/aromatic N) is 5. The van der Waals surface area contributed by atoms with Crippen LogP contribution in [0, 0.1) is 13.8 Å². The van der Waals surface area contributed by atoms with Gasteiger partial charge in [-0.15, -0.1) is 0 Å². The van der Waals surface area contributed by atoms with Gasteiger partial charge in [-0.25, -0.2) is 24.2 Å². The fourth-order valence-corrected chi connectivity index (χ4v) is 4.66. The number of halogens is 7. The summed E-state index contributed by atoms with van der Waals surface area (Å²) in [6.45, 7) is 19.4. The Balaban J connectivity index is 0.000000296. The Bertz CT molecular complexity index is 1880. The number of hydrogen-bond donors (Lipinski definition) is 1. The molecule has 1 fully saturated rings. The maximum absolute atomic E-state index is 12.9. The van der Waals surface area contributed by atoms with Crippen LogP contribution in [0.1, 0.15) is 62.8 Å². The lowest BCUT2D eigenvalue weighted by atomic mass is 10.1. The molecule has 0 amide bonds. The monoisotopic (exact) mass is 858 g/mol. The highest BCUT2D eigenvalue weighted by atomic mass is 79.9. The van der Waals surface area contributed by atoms with Crippen molar-refractivity contribution in [3.05, 3.63) is 95.6 Å². The molecule has 306 valence electrons. The zero-order valence-electron chi connectivity index (χ0n) is 31.9. The van der Waals surface area contributed by atoms with E-state index >= 15 is 0 Å². The van der Waals surface area contributed by atoms with Gasteiger partial charge in [-0.3, -0.25) is 5.10 Å². The van der Waals surface area contributed by atoms with Crippen molar-refractivity contribution in [3.8, 4) is 22.8 Å². The zero-order chi connectivity index (χ0) is 42.2. The number of alkyl halides is 7. The van der Waals surface area contributed by atoms with E-state index < -0.39 is 29.4 Å². The summed E-state index contributed by atoms with van der Waals surface area (Å²) in [7, 11) is 0. The van der Waals surface area contributed by atoms with E-state index in [-0.39, 0.29) is 41.7 Å². The van der Waals surface area contributed by atoms with Gasteiger partial charge in [0.2, 0.25) is 0 Å². The number of hydrogen-bond acceptors (Lipinski definition) is 9. The maximum Gasteiger partial charge on any atom is 0.416 e. The van der Waals surface area contributed by atoms with E-state index in [1.807, 2.05) is 0 Å². The van der Waals surface area contributed by atoms with Crippen LogP contribution in [0.25, 0.3) is 22.8 Å². The standard InChI is InChI=1S/C17H18F3N3O2.C10H8F3N3.C7H11BrO2.C4H8O/c1-10(2)25-16(24)12(4)8-23-9-21-15(22-23)13-5-11(3)6-14(7-13)17(18,19)20;1-6-2-7(9-14-5-15-16-9)4-8(3-6)10(11,12)13;1-5(2)10-7(9)6(3)4-8;1-2-4-5-3-1/h5-7,9-10H,4,8H2,1-3H3;2-5H,1H3,(H,14,15,16);5H,3-4H2,1-2H3;1-4H2. The van der Waals surface area contributed by atoms with E-state index in [1.165, 1.54) is 30.2 Å². The van der Waals surface area contributed by atoms with E-state index in [0.717, 1.165) is 37.5 Å². The minimum absolute atomic E-state index is 0.0382. The second-order valence-electron chi connectivity index (χ2n) is 12.8. The molecule has 0 saturated carbocycles. The summed E-state index contributed by atoms with van der Waals surface area (Å²) in [5, 5.41) is 10.7. The summed E-state index contributed by atoms with van der Waals surface area (Å²) in [6.07, 6.45) is -3.99. The second-order valence-corrected chi connectivity index (χ2v) is 13.4. The lowest BCUT2D eigenvalue weighted by Crippen LogP contribution is -2.16. The molecule has 18 heteroatoms. The van der Waals surface area contributed by atoms with E-state index in [0.29, 0.717) is 33.4 Å². The third-order valence-corrected chi connectivity index (χ3v) is 7.57. The lowest BCUT2D eigenvalue weighted by molar-refractivity contribution is -0.143. The SMILES string of the molecule is C1CCOC1.C=C(CBr)C(=O)OC(C)C.C=C(Cn1cnc(-c2cc(C)cc(C(F)(F)F)c2)n1)C(=O)OC(C)C.Cc1cc(-c2ncn[nH]2)cc(C(F)(F)F)c1. The number of aromatic nitrogens is 6. The average Bonchev–Trinajstić information content (AvgIpc) is 3.92. The van der Waals surface area contributed by atoms with Crippen molar-refractivity contribution in [3.63, 3.8) is 0 Å². The molecule has 0 atom stereocenters. The first-order valence-corrected chi connectivity index (χ1v) is 18.3. The van der Waals surface area contributed by atoms with Crippen molar-refractivity contribution in [1.29, 1.82) is 0 Å². The normalized spacial score (nSPS) is 12.4. The van der Waals surface area contributed by atoms with Gasteiger partial charge in [-0.1, -0.05) is 29.1 Å². The van der Waals surface area contributed by atoms with Gasteiger partial charge in [-0.05, 0) is 102 Å². The minimum atomic E-state index is -4.45. The van der Waals surface area contributed by atoms with Crippen molar-refractivity contribution in [2.24, 2.45) is 0 Å². The van der Waals surface area contributed by atoms with Crippen molar-refractivity contribution in [2.45, 2.75) is 85.5 Å². The number of nitrogens with one attached hydrogen (secondary N) is 1. The van der Waals surface area contributed by atoms with Crippen LogP contribution in [0.2, 0.25) is 0 Å². The van der Waals surface area contributed by atoms with E-state index in [2.05, 4.69) is 54.4 Å². The Kier molecular flexibility index (Phi) is 18.6. The van der Waals surface area contributed by atoms with Crippen LogP contribution in [0.15, 0.2) is 73.4 Å². The number of carbonyl (C=O) groups is 2. The lowest BCUT2D eigenvalue weighted by Gasteiger charge is -2.10. The largest absolute Gasteiger partial charge is 0.460 e. The number of aryl methyl sites for hydroxylation is 2. The first-order valence-electron chi connectivity index (χ1n) is 17.1. The second kappa shape index (κ2) is 22.0. The Labute approximate surface area is 329 Å². The zero-order valence-corrected chi connectivity index (χ0v) is 33.4. The molecule has 3 heterocycles. The highest BCUT2D eigenvalue weighted by Gasteiger charge is 2.32. The number of aromatic amines is 1. The van der Waals surface area contributed by atoms with E-state index in [9.17, 15) is 35.9 Å². The van der Waals surface area contributed by atoms with Gasteiger partial charge in [0, 0.05) is 35.2 Å². The molecule has 1 saturated heterocycles. The predicted octanol–water partition coefficient (Wildman–Crippen LogP) is 9.26. The maximum atomic E-state index is 12.9. The van der Waals surface area contributed by atoms with Crippen LogP contribution in [0.5, 0.6) is 0 Å². The molecular weight excluding hydrogens is 814 g/mol. The fraction of sp³-hybridized carbons (Fsp3) is 0.421.